The van der Waals surface area contributed by atoms with E-state index in [0.717, 1.165) is 6.42 Å². The lowest BCUT2D eigenvalue weighted by Crippen LogP contribution is -2.38. The van der Waals surface area contributed by atoms with Gasteiger partial charge in [0.15, 0.2) is 5.82 Å². The van der Waals surface area contributed by atoms with E-state index in [-0.39, 0.29) is 11.9 Å². The fraction of sp³-hybridized carbons (Fsp3) is 0.500. The van der Waals surface area contributed by atoms with Gasteiger partial charge >= 0.3 is 0 Å². The molecule has 1 aromatic heterocycles. The van der Waals surface area contributed by atoms with Crippen molar-refractivity contribution in [3.63, 3.8) is 0 Å². The Morgan fingerprint density at radius 1 is 1.48 bits per heavy atom. The van der Waals surface area contributed by atoms with Gasteiger partial charge in [0.2, 0.25) is 0 Å². The third-order valence-electron chi connectivity index (χ3n) is 4.32. The second-order valence-corrected chi connectivity index (χ2v) is 5.73. The third-order valence-corrected chi connectivity index (χ3v) is 4.32. The van der Waals surface area contributed by atoms with E-state index in [1.807, 2.05) is 13.8 Å². The molecule has 2 atom stereocenters. The molecule has 1 aromatic carbocycles. The number of anilines is 1. The van der Waals surface area contributed by atoms with Crippen LogP contribution in [-0.2, 0) is 10.3 Å². The standard InChI is InChI=1S/C14H18FN5O/c1-8-6-10(16)7-11(12(8)15)13-17-18-19-20(13)14(3)4-5-21-9(14)2/h6-7,9H,4-5,16H2,1-3H3. The topological polar surface area (TPSA) is 78.9 Å². The molecule has 3 rings (SSSR count). The van der Waals surface area contributed by atoms with Gasteiger partial charge in [-0.25, -0.2) is 9.07 Å². The fourth-order valence-corrected chi connectivity index (χ4v) is 2.76. The van der Waals surface area contributed by atoms with E-state index in [4.69, 9.17) is 10.5 Å². The Labute approximate surface area is 122 Å². The molecule has 21 heavy (non-hydrogen) atoms. The van der Waals surface area contributed by atoms with Crippen molar-refractivity contribution in [2.75, 3.05) is 12.3 Å². The van der Waals surface area contributed by atoms with E-state index in [0.29, 0.717) is 29.2 Å². The largest absolute Gasteiger partial charge is 0.399 e. The number of benzene rings is 1. The van der Waals surface area contributed by atoms with Crippen LogP contribution >= 0.6 is 0 Å². The maximum Gasteiger partial charge on any atom is 0.185 e. The molecule has 2 heterocycles. The lowest BCUT2D eigenvalue weighted by atomic mass is 9.94. The number of ether oxygens (including phenoxy) is 1. The van der Waals surface area contributed by atoms with Gasteiger partial charge < -0.3 is 10.5 Å². The predicted octanol–water partition coefficient (Wildman–Crippen LogP) is 1.89. The first-order valence-corrected chi connectivity index (χ1v) is 6.90. The molecule has 1 saturated heterocycles. The quantitative estimate of drug-likeness (QED) is 0.855. The molecule has 2 aromatic rings. The van der Waals surface area contributed by atoms with E-state index in [1.54, 1.807) is 23.7 Å². The highest BCUT2D eigenvalue weighted by Crippen LogP contribution is 2.36. The Bertz CT molecular complexity index is 686. The highest BCUT2D eigenvalue weighted by Gasteiger charge is 2.42. The first-order chi connectivity index (χ1) is 9.93. The average molecular weight is 291 g/mol. The van der Waals surface area contributed by atoms with Crippen molar-refractivity contribution in [3.05, 3.63) is 23.5 Å². The molecule has 0 bridgehead atoms. The van der Waals surface area contributed by atoms with Gasteiger partial charge in [-0.3, -0.25) is 0 Å². The maximum atomic E-state index is 14.4. The maximum absolute atomic E-state index is 14.4. The third kappa shape index (κ3) is 2.08. The summed E-state index contributed by atoms with van der Waals surface area (Å²) in [5.41, 5.74) is 6.71. The zero-order chi connectivity index (χ0) is 15.2. The Balaban J connectivity index is 2.16. The number of hydrogen-bond donors (Lipinski definition) is 1. The normalized spacial score (nSPS) is 25.4. The van der Waals surface area contributed by atoms with Gasteiger partial charge in [-0.05, 0) is 55.3 Å². The summed E-state index contributed by atoms with van der Waals surface area (Å²) in [5, 5.41) is 11.8. The van der Waals surface area contributed by atoms with Crippen molar-refractivity contribution in [3.8, 4) is 11.4 Å². The zero-order valence-electron chi connectivity index (χ0n) is 12.3. The Morgan fingerprint density at radius 2 is 2.24 bits per heavy atom. The second kappa shape index (κ2) is 4.77. The summed E-state index contributed by atoms with van der Waals surface area (Å²) < 4.78 is 21.7. The number of hydrogen-bond acceptors (Lipinski definition) is 5. The van der Waals surface area contributed by atoms with Crippen LogP contribution in [0.4, 0.5) is 10.1 Å². The van der Waals surface area contributed by atoms with E-state index in [1.165, 1.54) is 0 Å². The SMILES string of the molecule is Cc1cc(N)cc(-c2nnnn2C2(C)CCOC2C)c1F. The first-order valence-electron chi connectivity index (χ1n) is 6.90. The van der Waals surface area contributed by atoms with Crippen LogP contribution in [0.3, 0.4) is 0 Å². The molecular weight excluding hydrogens is 273 g/mol. The predicted molar refractivity (Wildman–Crippen MR) is 76.0 cm³/mol. The molecule has 2 unspecified atom stereocenters. The van der Waals surface area contributed by atoms with Gasteiger partial charge in [-0.2, -0.15) is 0 Å². The van der Waals surface area contributed by atoms with E-state index in [9.17, 15) is 4.39 Å². The summed E-state index contributed by atoms with van der Waals surface area (Å²) >= 11 is 0. The molecule has 6 nitrogen and oxygen atoms in total. The van der Waals surface area contributed by atoms with Crippen LogP contribution < -0.4 is 5.73 Å². The number of aryl methyl sites for hydroxylation is 1. The number of nitrogens with zero attached hydrogens (tertiary/aromatic N) is 4. The highest BCUT2D eigenvalue weighted by molar-refractivity contribution is 5.63. The smallest absolute Gasteiger partial charge is 0.185 e. The van der Waals surface area contributed by atoms with Crippen molar-refractivity contribution in [1.29, 1.82) is 0 Å². The van der Waals surface area contributed by atoms with Crippen LogP contribution in [0.2, 0.25) is 0 Å². The zero-order valence-corrected chi connectivity index (χ0v) is 12.3. The lowest BCUT2D eigenvalue weighted by Gasteiger charge is -2.28. The van der Waals surface area contributed by atoms with Crippen LogP contribution in [0.1, 0.15) is 25.8 Å². The molecule has 2 N–H and O–H groups in total. The molecule has 0 spiro atoms. The molecule has 7 heteroatoms. The van der Waals surface area contributed by atoms with Crippen LogP contribution in [0.25, 0.3) is 11.4 Å². The number of aromatic nitrogens is 4. The van der Waals surface area contributed by atoms with Gasteiger partial charge in [-0.1, -0.05) is 0 Å². The summed E-state index contributed by atoms with van der Waals surface area (Å²) in [6, 6.07) is 3.16. The molecule has 1 aliphatic heterocycles. The van der Waals surface area contributed by atoms with Crippen LogP contribution in [0.5, 0.6) is 0 Å². The number of halogens is 1. The van der Waals surface area contributed by atoms with Gasteiger partial charge in [0.25, 0.3) is 0 Å². The van der Waals surface area contributed by atoms with E-state index < -0.39 is 5.54 Å². The monoisotopic (exact) mass is 291 g/mol. The van der Waals surface area contributed by atoms with Crippen molar-refractivity contribution in [2.24, 2.45) is 0 Å². The minimum atomic E-state index is -0.399. The van der Waals surface area contributed by atoms with Crippen LogP contribution in [0.15, 0.2) is 12.1 Å². The summed E-state index contributed by atoms with van der Waals surface area (Å²) in [6.07, 6.45) is 0.722. The fourth-order valence-electron chi connectivity index (χ4n) is 2.76. The van der Waals surface area contributed by atoms with Gasteiger partial charge in [0, 0.05) is 12.3 Å². The molecular formula is C14H18FN5O. The number of nitrogens with two attached hydrogens (primary N) is 1. The Morgan fingerprint density at radius 3 is 2.90 bits per heavy atom. The van der Waals surface area contributed by atoms with E-state index >= 15 is 0 Å². The molecule has 0 amide bonds. The minimum absolute atomic E-state index is 0.0510. The van der Waals surface area contributed by atoms with E-state index in [2.05, 4.69) is 15.5 Å². The molecule has 0 radical (unpaired) electrons. The minimum Gasteiger partial charge on any atom is -0.399 e. The highest BCUT2D eigenvalue weighted by atomic mass is 19.1. The molecule has 0 saturated carbocycles. The molecule has 112 valence electrons. The lowest BCUT2D eigenvalue weighted by molar-refractivity contribution is 0.0706. The molecule has 1 aliphatic rings. The van der Waals surface area contributed by atoms with Gasteiger partial charge in [-0.15, -0.1) is 5.10 Å². The Kier molecular flexibility index (Phi) is 3.16. The van der Waals surface area contributed by atoms with Gasteiger partial charge in [0.1, 0.15) is 5.82 Å². The summed E-state index contributed by atoms with van der Waals surface area (Å²) in [4.78, 5) is 0. The van der Waals surface area contributed by atoms with Crippen LogP contribution in [0, 0.1) is 12.7 Å². The van der Waals surface area contributed by atoms with Crippen molar-refractivity contribution >= 4 is 5.69 Å². The summed E-state index contributed by atoms with van der Waals surface area (Å²) in [7, 11) is 0. The summed E-state index contributed by atoms with van der Waals surface area (Å²) in [5.74, 6) is 0.0261. The number of nitrogen functional groups attached to an aromatic ring is 1. The number of rotatable bonds is 2. The number of tetrazole rings is 1. The van der Waals surface area contributed by atoms with Crippen molar-refractivity contribution in [1.82, 2.24) is 20.2 Å². The first kappa shape index (κ1) is 13.9. The van der Waals surface area contributed by atoms with Gasteiger partial charge in [0.05, 0.1) is 17.2 Å². The van der Waals surface area contributed by atoms with Crippen molar-refractivity contribution < 1.29 is 9.13 Å². The molecule has 0 aliphatic carbocycles. The Hall–Kier alpha value is -2.02. The van der Waals surface area contributed by atoms with Crippen molar-refractivity contribution in [2.45, 2.75) is 38.8 Å². The average Bonchev–Trinajstić information content (AvgIpc) is 3.03. The summed E-state index contributed by atoms with van der Waals surface area (Å²) in [6.45, 7) is 6.29. The molecule has 1 fully saturated rings. The second-order valence-electron chi connectivity index (χ2n) is 5.73. The van der Waals surface area contributed by atoms with Crippen LogP contribution in [-0.4, -0.2) is 32.9 Å².